The van der Waals surface area contributed by atoms with Crippen molar-refractivity contribution >= 4 is 29.9 Å². The lowest BCUT2D eigenvalue weighted by Crippen LogP contribution is -2.41. The highest BCUT2D eigenvalue weighted by molar-refractivity contribution is 14.0. The number of likely N-dealkylation sites (tertiary alicyclic amines) is 1. The summed E-state index contributed by atoms with van der Waals surface area (Å²) >= 11 is 0. The topological polar surface area (TPSA) is 46.1 Å². The Hall–Kier alpha value is -0.860. The highest BCUT2D eigenvalue weighted by Gasteiger charge is 2.42. The van der Waals surface area contributed by atoms with Gasteiger partial charge in [-0.2, -0.15) is 0 Å². The number of unbranched alkanes of at least 4 members (excludes halogenated alkanes) is 1. The van der Waals surface area contributed by atoms with Gasteiger partial charge in [0.05, 0.1) is 13.2 Å². The Morgan fingerprint density at radius 2 is 2.07 bits per heavy atom. The van der Waals surface area contributed by atoms with E-state index in [0.29, 0.717) is 5.41 Å². The third-order valence-electron chi connectivity index (χ3n) is 5.59. The first-order valence-electron chi connectivity index (χ1n) is 10.5. The van der Waals surface area contributed by atoms with E-state index in [1.165, 1.54) is 18.4 Å². The molecule has 0 bridgehead atoms. The quantitative estimate of drug-likeness (QED) is 0.243. The minimum Gasteiger partial charge on any atom is -0.381 e. The van der Waals surface area contributed by atoms with Gasteiger partial charge in [0.1, 0.15) is 0 Å². The summed E-state index contributed by atoms with van der Waals surface area (Å²) in [4.78, 5) is 7.28. The largest absolute Gasteiger partial charge is 0.381 e. The number of guanidine groups is 1. The average molecular weight is 501 g/mol. The molecule has 0 aliphatic carbocycles. The number of hydrogen-bond donors (Lipinski definition) is 1. The fraction of sp³-hybridized carbons (Fsp3) is 0.682. The number of ether oxygens (including phenoxy) is 2. The van der Waals surface area contributed by atoms with Crippen molar-refractivity contribution in [3.63, 3.8) is 0 Å². The van der Waals surface area contributed by atoms with Crippen LogP contribution in [-0.2, 0) is 15.9 Å². The van der Waals surface area contributed by atoms with Gasteiger partial charge in [-0.15, -0.1) is 24.0 Å². The fourth-order valence-corrected chi connectivity index (χ4v) is 3.95. The second-order valence-corrected chi connectivity index (χ2v) is 7.76. The number of halogens is 1. The molecule has 1 N–H and O–H groups in total. The van der Waals surface area contributed by atoms with Crippen LogP contribution in [0.15, 0.2) is 35.3 Å². The zero-order chi connectivity index (χ0) is 18.8. The lowest BCUT2D eigenvalue weighted by molar-refractivity contribution is 0.134. The summed E-state index contributed by atoms with van der Waals surface area (Å²) in [6, 6.07) is 10.5. The molecule has 28 heavy (non-hydrogen) atoms. The fourth-order valence-electron chi connectivity index (χ4n) is 3.95. The minimum absolute atomic E-state index is 0. The molecule has 2 fully saturated rings. The zero-order valence-electron chi connectivity index (χ0n) is 17.2. The van der Waals surface area contributed by atoms with E-state index in [4.69, 9.17) is 14.5 Å². The van der Waals surface area contributed by atoms with Gasteiger partial charge in [0.15, 0.2) is 5.96 Å². The molecule has 5 nitrogen and oxygen atoms in total. The van der Waals surface area contributed by atoms with E-state index in [1.807, 2.05) is 0 Å². The van der Waals surface area contributed by atoms with E-state index in [9.17, 15) is 0 Å². The number of benzene rings is 1. The number of nitrogens with zero attached hydrogens (tertiary/aromatic N) is 2. The van der Waals surface area contributed by atoms with Crippen LogP contribution in [0.4, 0.5) is 0 Å². The Bertz CT molecular complexity index is 576. The molecule has 2 heterocycles. The van der Waals surface area contributed by atoms with Gasteiger partial charge in [0, 0.05) is 44.8 Å². The van der Waals surface area contributed by atoms with E-state index in [1.54, 1.807) is 0 Å². The maximum Gasteiger partial charge on any atom is 0.193 e. The zero-order valence-corrected chi connectivity index (χ0v) is 19.5. The number of rotatable bonds is 9. The van der Waals surface area contributed by atoms with Gasteiger partial charge in [-0.1, -0.05) is 30.3 Å². The Balaban J connectivity index is 0.00000280. The van der Waals surface area contributed by atoms with Gasteiger partial charge in [-0.05, 0) is 44.6 Å². The van der Waals surface area contributed by atoms with Crippen molar-refractivity contribution in [2.24, 2.45) is 10.4 Å². The van der Waals surface area contributed by atoms with Gasteiger partial charge in [-0.25, -0.2) is 0 Å². The third kappa shape index (κ3) is 7.19. The normalized spacial score (nSPS) is 21.9. The summed E-state index contributed by atoms with van der Waals surface area (Å²) < 4.78 is 11.4. The molecular weight excluding hydrogens is 465 g/mol. The van der Waals surface area contributed by atoms with Crippen molar-refractivity contribution < 1.29 is 9.47 Å². The maximum absolute atomic E-state index is 5.77. The predicted octanol–water partition coefficient (Wildman–Crippen LogP) is 3.72. The van der Waals surface area contributed by atoms with Crippen molar-refractivity contribution in [3.8, 4) is 0 Å². The van der Waals surface area contributed by atoms with Crippen LogP contribution in [0.1, 0.15) is 38.2 Å². The van der Waals surface area contributed by atoms with Crippen LogP contribution in [0, 0.1) is 5.41 Å². The molecule has 3 rings (SSSR count). The van der Waals surface area contributed by atoms with Gasteiger partial charge >= 0.3 is 0 Å². The molecule has 2 saturated heterocycles. The molecule has 1 unspecified atom stereocenters. The summed E-state index contributed by atoms with van der Waals surface area (Å²) in [7, 11) is 0. The Kier molecular flexibility index (Phi) is 10.6. The first-order chi connectivity index (χ1) is 13.3. The van der Waals surface area contributed by atoms with Crippen LogP contribution in [0.5, 0.6) is 0 Å². The monoisotopic (exact) mass is 501 g/mol. The van der Waals surface area contributed by atoms with Crippen LogP contribution < -0.4 is 5.32 Å². The summed E-state index contributed by atoms with van der Waals surface area (Å²) in [5, 5.41) is 3.46. The molecule has 2 aliphatic rings. The van der Waals surface area contributed by atoms with E-state index in [0.717, 1.165) is 77.8 Å². The summed E-state index contributed by atoms with van der Waals surface area (Å²) in [6.45, 7) is 9.57. The summed E-state index contributed by atoms with van der Waals surface area (Å²) in [5.41, 5.74) is 1.72. The maximum atomic E-state index is 5.77. The predicted molar refractivity (Wildman–Crippen MR) is 126 cm³/mol. The smallest absolute Gasteiger partial charge is 0.193 e. The molecule has 0 amide bonds. The lowest BCUT2D eigenvalue weighted by atomic mass is 9.87. The second-order valence-electron chi connectivity index (χ2n) is 7.76. The standard InChI is InChI=1S/C22H35N3O2.HI/c1-2-23-21(25-14-11-22(18-25)12-17-27-19-22)24-13-6-7-15-26-16-10-20-8-4-3-5-9-20;/h3-5,8-9H,2,6-7,10-19H2,1H3,(H,23,24);1H. The molecular formula is C22H36IN3O2. The molecule has 0 radical (unpaired) electrons. The first-order valence-corrected chi connectivity index (χ1v) is 10.5. The average Bonchev–Trinajstić information content (AvgIpc) is 3.34. The highest BCUT2D eigenvalue weighted by atomic mass is 127. The molecule has 0 saturated carbocycles. The Morgan fingerprint density at radius 3 is 2.82 bits per heavy atom. The van der Waals surface area contributed by atoms with E-state index in [-0.39, 0.29) is 24.0 Å². The van der Waals surface area contributed by atoms with Crippen molar-refractivity contribution in [2.45, 2.75) is 39.0 Å². The van der Waals surface area contributed by atoms with Gasteiger partial charge in [-0.3, -0.25) is 4.99 Å². The lowest BCUT2D eigenvalue weighted by Gasteiger charge is -2.25. The molecule has 2 aliphatic heterocycles. The van der Waals surface area contributed by atoms with Gasteiger partial charge in [0.2, 0.25) is 0 Å². The van der Waals surface area contributed by atoms with Crippen LogP contribution in [-0.4, -0.2) is 63.5 Å². The molecule has 6 heteroatoms. The molecule has 1 atom stereocenters. The van der Waals surface area contributed by atoms with Crippen LogP contribution >= 0.6 is 24.0 Å². The molecule has 1 aromatic rings. The van der Waals surface area contributed by atoms with E-state index in [2.05, 4.69) is 47.5 Å². The number of aliphatic imine (C=N–C) groups is 1. The SMILES string of the molecule is CCNC(=NCCCCOCCc1ccccc1)N1CCC2(CCOC2)C1.I. The molecule has 1 aromatic carbocycles. The molecule has 1 spiro atoms. The van der Waals surface area contributed by atoms with Crippen LogP contribution in [0.2, 0.25) is 0 Å². The van der Waals surface area contributed by atoms with E-state index < -0.39 is 0 Å². The number of nitrogens with one attached hydrogen (secondary N) is 1. The summed E-state index contributed by atoms with van der Waals surface area (Å²) in [5.74, 6) is 1.08. The minimum atomic E-state index is 0. The van der Waals surface area contributed by atoms with Gasteiger partial charge in [0.25, 0.3) is 0 Å². The first kappa shape index (κ1) is 23.4. The van der Waals surface area contributed by atoms with Crippen molar-refractivity contribution in [1.29, 1.82) is 0 Å². The Labute approximate surface area is 187 Å². The third-order valence-corrected chi connectivity index (χ3v) is 5.59. The van der Waals surface area contributed by atoms with Crippen LogP contribution in [0.25, 0.3) is 0 Å². The molecule has 0 aromatic heterocycles. The van der Waals surface area contributed by atoms with E-state index >= 15 is 0 Å². The number of hydrogen-bond acceptors (Lipinski definition) is 3. The van der Waals surface area contributed by atoms with Crippen molar-refractivity contribution in [1.82, 2.24) is 10.2 Å². The van der Waals surface area contributed by atoms with Gasteiger partial charge < -0.3 is 19.7 Å². The highest BCUT2D eigenvalue weighted by Crippen LogP contribution is 2.38. The molecule has 158 valence electrons. The second kappa shape index (κ2) is 12.6. The Morgan fingerprint density at radius 1 is 1.21 bits per heavy atom. The van der Waals surface area contributed by atoms with Crippen molar-refractivity contribution in [3.05, 3.63) is 35.9 Å². The summed E-state index contributed by atoms with van der Waals surface area (Å²) in [6.07, 6.45) is 5.55. The van der Waals surface area contributed by atoms with Crippen LogP contribution in [0.3, 0.4) is 0 Å². The van der Waals surface area contributed by atoms with Crippen molar-refractivity contribution in [2.75, 3.05) is 52.6 Å².